The van der Waals surface area contributed by atoms with Crippen molar-refractivity contribution in [3.63, 3.8) is 0 Å². The summed E-state index contributed by atoms with van der Waals surface area (Å²) < 4.78 is 0. The maximum absolute atomic E-state index is 13.8. The predicted molar refractivity (Wildman–Crippen MR) is 132 cm³/mol. The first-order chi connectivity index (χ1) is 17.4. The highest BCUT2D eigenvalue weighted by molar-refractivity contribution is 6.30. The number of halogens is 1. The van der Waals surface area contributed by atoms with Gasteiger partial charge in [0, 0.05) is 28.9 Å². The van der Waals surface area contributed by atoms with Crippen LogP contribution in [0.2, 0.25) is 5.02 Å². The number of fused-ring (bicyclic) bond motifs is 5. The highest BCUT2D eigenvalue weighted by Gasteiger charge is 2.64. The van der Waals surface area contributed by atoms with Crippen LogP contribution in [0.15, 0.2) is 79.0 Å². The molecule has 0 unspecified atom stereocenters. The Morgan fingerprint density at radius 3 is 2.39 bits per heavy atom. The van der Waals surface area contributed by atoms with Gasteiger partial charge < -0.3 is 4.90 Å². The second kappa shape index (κ2) is 8.13. The first kappa shape index (κ1) is 22.2. The summed E-state index contributed by atoms with van der Waals surface area (Å²) in [5.41, 5.74) is 2.03. The van der Waals surface area contributed by atoms with Crippen molar-refractivity contribution >= 4 is 46.6 Å². The number of carbonyl (C=O) groups excluding carboxylic acids is 3. The fraction of sp³-hybridized carbons (Fsp3) is 0.148. The standard InChI is InChI=1S/C27H18ClN3O5/c28-17-10-8-16(9-11-17)25(32)24-22-21(23-20-7-2-1-4-15(20)12-13-29(23)24)26(33)30(27(22)34)18-5-3-6-19(14-18)31(35)36/h1-14,21-24H/t21-,22-,23-,24+/m0/s1. The van der Waals surface area contributed by atoms with Gasteiger partial charge in [0.05, 0.1) is 28.5 Å². The second-order valence-corrected chi connectivity index (χ2v) is 9.43. The lowest BCUT2D eigenvalue weighted by Crippen LogP contribution is -2.44. The van der Waals surface area contributed by atoms with Crippen LogP contribution in [-0.4, -0.2) is 33.5 Å². The lowest BCUT2D eigenvalue weighted by Gasteiger charge is -2.35. The number of non-ortho nitro benzene ring substituents is 1. The monoisotopic (exact) mass is 499 g/mol. The van der Waals surface area contributed by atoms with E-state index in [1.807, 2.05) is 35.2 Å². The minimum atomic E-state index is -0.958. The zero-order valence-corrected chi connectivity index (χ0v) is 19.4. The number of nitro benzene ring substituents is 1. The van der Waals surface area contributed by atoms with Crippen molar-refractivity contribution in [2.24, 2.45) is 11.8 Å². The molecule has 9 heteroatoms. The van der Waals surface area contributed by atoms with Crippen molar-refractivity contribution in [3.05, 3.63) is 111 Å². The number of amides is 2. The molecule has 178 valence electrons. The molecule has 3 aromatic carbocycles. The van der Waals surface area contributed by atoms with E-state index >= 15 is 0 Å². The molecule has 8 nitrogen and oxygen atoms in total. The van der Waals surface area contributed by atoms with Gasteiger partial charge in [0.1, 0.15) is 6.04 Å². The van der Waals surface area contributed by atoms with Crippen molar-refractivity contribution in [1.29, 1.82) is 0 Å². The number of ketones is 1. The van der Waals surface area contributed by atoms with Crippen LogP contribution in [0.4, 0.5) is 11.4 Å². The summed E-state index contributed by atoms with van der Waals surface area (Å²) in [5, 5.41) is 11.8. The molecule has 3 aromatic rings. The summed E-state index contributed by atoms with van der Waals surface area (Å²) in [6.45, 7) is 0. The Balaban J connectivity index is 1.49. The Hall–Kier alpha value is -4.30. The van der Waals surface area contributed by atoms with Crippen molar-refractivity contribution < 1.29 is 19.3 Å². The van der Waals surface area contributed by atoms with E-state index in [1.54, 1.807) is 30.5 Å². The molecule has 6 rings (SSSR count). The van der Waals surface area contributed by atoms with Crippen molar-refractivity contribution in [2.75, 3.05) is 4.90 Å². The van der Waals surface area contributed by atoms with Gasteiger partial charge in [0.25, 0.3) is 5.69 Å². The molecule has 3 heterocycles. The van der Waals surface area contributed by atoms with Crippen LogP contribution < -0.4 is 4.90 Å². The van der Waals surface area contributed by atoms with Crippen LogP contribution >= 0.6 is 11.6 Å². The number of nitro groups is 1. The smallest absolute Gasteiger partial charge is 0.271 e. The average molecular weight is 500 g/mol. The van der Waals surface area contributed by atoms with Crippen molar-refractivity contribution in [3.8, 4) is 0 Å². The predicted octanol–water partition coefficient (Wildman–Crippen LogP) is 4.65. The van der Waals surface area contributed by atoms with Crippen LogP contribution in [0, 0.1) is 22.0 Å². The molecular formula is C27H18ClN3O5. The van der Waals surface area contributed by atoms with E-state index in [-0.39, 0.29) is 17.2 Å². The fourth-order valence-electron chi connectivity index (χ4n) is 5.64. The first-order valence-electron chi connectivity index (χ1n) is 11.3. The molecule has 0 aliphatic carbocycles. The summed E-state index contributed by atoms with van der Waals surface area (Å²) in [6.07, 6.45) is 3.66. The summed E-state index contributed by atoms with van der Waals surface area (Å²) in [4.78, 5) is 55.1. The Labute approximate surface area is 210 Å². The van der Waals surface area contributed by atoms with E-state index in [9.17, 15) is 24.5 Å². The lowest BCUT2D eigenvalue weighted by atomic mass is 9.83. The van der Waals surface area contributed by atoms with Crippen LogP contribution in [-0.2, 0) is 9.59 Å². The summed E-state index contributed by atoms with van der Waals surface area (Å²) in [6, 6.07) is 18.0. The number of rotatable bonds is 4. The number of imide groups is 1. The summed E-state index contributed by atoms with van der Waals surface area (Å²) >= 11 is 6.01. The van der Waals surface area contributed by atoms with E-state index in [0.29, 0.717) is 10.6 Å². The Morgan fingerprint density at radius 2 is 1.64 bits per heavy atom. The fourth-order valence-corrected chi connectivity index (χ4v) is 5.77. The Kier molecular flexibility index (Phi) is 5.01. The molecule has 0 N–H and O–H groups in total. The number of nitrogens with zero attached hydrogens (tertiary/aromatic N) is 3. The van der Waals surface area contributed by atoms with Crippen molar-refractivity contribution in [1.82, 2.24) is 4.90 Å². The summed E-state index contributed by atoms with van der Waals surface area (Å²) in [5.74, 6) is -3.10. The first-order valence-corrected chi connectivity index (χ1v) is 11.7. The molecule has 0 bridgehead atoms. The minimum Gasteiger partial charge on any atom is -0.358 e. The van der Waals surface area contributed by atoms with Gasteiger partial charge >= 0.3 is 0 Å². The van der Waals surface area contributed by atoms with Gasteiger partial charge in [-0.2, -0.15) is 0 Å². The average Bonchev–Trinajstić information content (AvgIpc) is 3.36. The molecule has 0 radical (unpaired) electrons. The van der Waals surface area contributed by atoms with E-state index < -0.39 is 40.7 Å². The van der Waals surface area contributed by atoms with Gasteiger partial charge in [-0.3, -0.25) is 24.5 Å². The molecule has 0 spiro atoms. The van der Waals surface area contributed by atoms with Gasteiger partial charge in [-0.15, -0.1) is 0 Å². The Morgan fingerprint density at radius 1 is 0.917 bits per heavy atom. The zero-order chi connectivity index (χ0) is 25.1. The van der Waals surface area contributed by atoms with Gasteiger partial charge in [0.2, 0.25) is 11.8 Å². The molecule has 36 heavy (non-hydrogen) atoms. The van der Waals surface area contributed by atoms with E-state index in [1.165, 1.54) is 24.3 Å². The third kappa shape index (κ3) is 3.18. The number of hydrogen-bond acceptors (Lipinski definition) is 6. The van der Waals surface area contributed by atoms with Crippen LogP contribution in [0.25, 0.3) is 6.08 Å². The molecule has 3 aliphatic rings. The zero-order valence-electron chi connectivity index (χ0n) is 18.7. The maximum atomic E-state index is 13.8. The molecule has 4 atom stereocenters. The highest BCUT2D eigenvalue weighted by atomic mass is 35.5. The van der Waals surface area contributed by atoms with Crippen molar-refractivity contribution in [2.45, 2.75) is 12.1 Å². The normalized spacial score (nSPS) is 23.9. The van der Waals surface area contributed by atoms with E-state index in [2.05, 4.69) is 0 Å². The summed E-state index contributed by atoms with van der Waals surface area (Å²) in [7, 11) is 0. The minimum absolute atomic E-state index is 0.123. The lowest BCUT2D eigenvalue weighted by molar-refractivity contribution is -0.384. The molecule has 2 saturated heterocycles. The van der Waals surface area contributed by atoms with Gasteiger partial charge in [-0.05, 0) is 47.5 Å². The quantitative estimate of drug-likeness (QED) is 0.224. The van der Waals surface area contributed by atoms with Crippen LogP contribution in [0.1, 0.15) is 27.5 Å². The SMILES string of the molecule is O=C(c1ccc(Cl)cc1)[C@H]1[C@H]2C(=O)N(c3cccc([N+](=O)[O-])c3)C(=O)[C@@H]2[C@@H]2c3ccccc3C=CN12. The molecule has 3 aliphatic heterocycles. The second-order valence-electron chi connectivity index (χ2n) is 8.99. The Bertz CT molecular complexity index is 1480. The third-order valence-electron chi connectivity index (χ3n) is 7.16. The van der Waals surface area contributed by atoms with Crippen LogP contribution in [0.3, 0.4) is 0 Å². The van der Waals surface area contributed by atoms with Gasteiger partial charge in [-0.1, -0.05) is 41.9 Å². The number of anilines is 1. The largest absolute Gasteiger partial charge is 0.358 e. The maximum Gasteiger partial charge on any atom is 0.271 e. The van der Waals surface area contributed by atoms with Crippen LogP contribution in [0.5, 0.6) is 0 Å². The van der Waals surface area contributed by atoms with E-state index in [4.69, 9.17) is 11.6 Å². The topological polar surface area (TPSA) is 101 Å². The third-order valence-corrected chi connectivity index (χ3v) is 7.41. The number of carbonyl (C=O) groups is 3. The number of Topliss-reactive ketones (excluding diaryl/α,β-unsaturated/α-hetero) is 1. The van der Waals surface area contributed by atoms with Gasteiger partial charge in [-0.25, -0.2) is 4.90 Å². The molecule has 2 amide bonds. The number of benzene rings is 3. The molecule has 0 saturated carbocycles. The van der Waals surface area contributed by atoms with Gasteiger partial charge in [0.15, 0.2) is 5.78 Å². The molecular weight excluding hydrogens is 482 g/mol. The molecule has 0 aromatic heterocycles. The molecule has 2 fully saturated rings. The number of hydrogen-bond donors (Lipinski definition) is 0. The highest BCUT2D eigenvalue weighted by Crippen LogP contribution is 2.53. The van der Waals surface area contributed by atoms with E-state index in [0.717, 1.165) is 16.0 Å².